The smallest absolute Gasteiger partial charge is 0.338 e. The molecule has 1 aromatic heterocycles. The number of hydrogen-bond acceptors (Lipinski definition) is 4. The largest absolute Gasteiger partial charge is 0.478 e. The SMILES string of the molecule is O=C(O)c1c(Br)cccc1Sc1ncn[nH]1. The summed E-state index contributed by atoms with van der Waals surface area (Å²) in [7, 11) is 0. The van der Waals surface area contributed by atoms with Gasteiger partial charge in [-0.25, -0.2) is 9.78 Å². The number of rotatable bonds is 3. The average molecular weight is 300 g/mol. The Labute approximate surface area is 103 Å². The van der Waals surface area contributed by atoms with E-state index in [4.69, 9.17) is 5.11 Å². The Hall–Kier alpha value is -1.34. The summed E-state index contributed by atoms with van der Waals surface area (Å²) in [5, 5.41) is 16.0. The van der Waals surface area contributed by atoms with E-state index in [1.165, 1.54) is 18.1 Å². The lowest BCUT2D eigenvalue weighted by Crippen LogP contribution is -2.00. The molecule has 0 atom stereocenters. The first-order valence-corrected chi connectivity index (χ1v) is 5.84. The minimum atomic E-state index is -0.977. The Morgan fingerprint density at radius 3 is 2.94 bits per heavy atom. The third-order valence-corrected chi connectivity index (χ3v) is 3.40. The quantitative estimate of drug-likeness (QED) is 0.910. The molecule has 1 aromatic carbocycles. The second-order valence-corrected chi connectivity index (χ2v) is 4.70. The number of H-pyrrole nitrogens is 1. The van der Waals surface area contributed by atoms with Crippen LogP contribution in [0.2, 0.25) is 0 Å². The fraction of sp³-hybridized carbons (Fsp3) is 0. The highest BCUT2D eigenvalue weighted by Crippen LogP contribution is 2.31. The molecule has 0 unspecified atom stereocenters. The number of nitrogens with one attached hydrogen (secondary N) is 1. The van der Waals surface area contributed by atoms with Crippen LogP contribution in [0.15, 0.2) is 39.1 Å². The number of carboxylic acids is 1. The van der Waals surface area contributed by atoms with Crippen LogP contribution in [0.5, 0.6) is 0 Å². The van der Waals surface area contributed by atoms with Crippen molar-refractivity contribution in [1.29, 1.82) is 0 Å². The van der Waals surface area contributed by atoms with Crippen molar-refractivity contribution in [1.82, 2.24) is 15.2 Å². The summed E-state index contributed by atoms with van der Waals surface area (Å²) in [6.45, 7) is 0. The Morgan fingerprint density at radius 2 is 2.31 bits per heavy atom. The van der Waals surface area contributed by atoms with Gasteiger partial charge < -0.3 is 5.11 Å². The number of aromatic nitrogens is 3. The minimum Gasteiger partial charge on any atom is -0.478 e. The van der Waals surface area contributed by atoms with Crippen LogP contribution in [-0.4, -0.2) is 26.3 Å². The van der Waals surface area contributed by atoms with Crippen LogP contribution >= 0.6 is 27.7 Å². The Balaban J connectivity index is 2.40. The third kappa shape index (κ3) is 2.25. The lowest BCUT2D eigenvalue weighted by atomic mass is 10.2. The van der Waals surface area contributed by atoms with Crippen molar-refractivity contribution in [2.24, 2.45) is 0 Å². The molecule has 2 aromatic rings. The van der Waals surface area contributed by atoms with Gasteiger partial charge in [0, 0.05) is 9.37 Å². The molecule has 0 amide bonds. The van der Waals surface area contributed by atoms with Crippen LogP contribution in [0.1, 0.15) is 10.4 Å². The molecular weight excluding hydrogens is 294 g/mol. The fourth-order valence-corrected chi connectivity index (χ4v) is 2.66. The molecule has 2 rings (SSSR count). The lowest BCUT2D eigenvalue weighted by molar-refractivity contribution is 0.0692. The van der Waals surface area contributed by atoms with Gasteiger partial charge in [0.15, 0.2) is 5.16 Å². The predicted octanol–water partition coefficient (Wildman–Crippen LogP) is 2.42. The molecule has 0 saturated carbocycles. The molecule has 0 spiro atoms. The molecule has 0 saturated heterocycles. The van der Waals surface area contributed by atoms with Crippen LogP contribution in [0.3, 0.4) is 0 Å². The van der Waals surface area contributed by atoms with E-state index in [0.29, 0.717) is 14.5 Å². The van der Waals surface area contributed by atoms with E-state index in [1.807, 2.05) is 0 Å². The summed E-state index contributed by atoms with van der Waals surface area (Å²) in [5.41, 5.74) is 0.226. The lowest BCUT2D eigenvalue weighted by Gasteiger charge is -2.05. The topological polar surface area (TPSA) is 78.9 Å². The maximum atomic E-state index is 11.1. The molecule has 16 heavy (non-hydrogen) atoms. The van der Waals surface area contributed by atoms with Gasteiger partial charge in [-0.05, 0) is 39.8 Å². The zero-order valence-corrected chi connectivity index (χ0v) is 10.2. The van der Waals surface area contributed by atoms with Crippen LogP contribution < -0.4 is 0 Å². The first-order chi connectivity index (χ1) is 7.68. The molecule has 0 aliphatic rings. The molecule has 82 valence electrons. The third-order valence-electron chi connectivity index (χ3n) is 1.79. The second-order valence-electron chi connectivity index (χ2n) is 2.81. The monoisotopic (exact) mass is 299 g/mol. The van der Waals surface area contributed by atoms with Gasteiger partial charge in [0.1, 0.15) is 6.33 Å². The maximum absolute atomic E-state index is 11.1. The molecular formula is C9H6BrN3O2S. The highest BCUT2D eigenvalue weighted by Gasteiger charge is 2.15. The first kappa shape index (κ1) is 11.2. The summed E-state index contributed by atoms with van der Waals surface area (Å²) >= 11 is 4.43. The van der Waals surface area contributed by atoms with E-state index in [-0.39, 0.29) is 5.56 Å². The Morgan fingerprint density at radius 1 is 1.50 bits per heavy atom. The molecule has 0 fully saturated rings. The number of carboxylic acid groups (broad SMARTS) is 1. The van der Waals surface area contributed by atoms with Crippen molar-refractivity contribution in [2.75, 3.05) is 0 Å². The Kier molecular flexibility index (Phi) is 3.25. The van der Waals surface area contributed by atoms with Crippen molar-refractivity contribution in [3.63, 3.8) is 0 Å². The molecule has 1 heterocycles. The molecule has 5 nitrogen and oxygen atoms in total. The molecule has 7 heteroatoms. The highest BCUT2D eigenvalue weighted by atomic mass is 79.9. The summed E-state index contributed by atoms with van der Waals surface area (Å²) in [5.74, 6) is -0.977. The predicted molar refractivity (Wildman–Crippen MR) is 61.6 cm³/mol. The fourth-order valence-electron chi connectivity index (χ4n) is 1.14. The molecule has 0 radical (unpaired) electrons. The normalized spacial score (nSPS) is 10.3. The number of aromatic amines is 1. The zero-order valence-electron chi connectivity index (χ0n) is 7.85. The molecule has 0 aliphatic carbocycles. The van der Waals surface area contributed by atoms with Crippen molar-refractivity contribution < 1.29 is 9.90 Å². The van der Waals surface area contributed by atoms with E-state index >= 15 is 0 Å². The summed E-state index contributed by atoms with van der Waals surface area (Å²) in [6.07, 6.45) is 1.38. The number of benzene rings is 1. The van der Waals surface area contributed by atoms with Gasteiger partial charge in [-0.3, -0.25) is 5.10 Å². The van der Waals surface area contributed by atoms with Crippen molar-refractivity contribution in [3.05, 3.63) is 34.6 Å². The number of hydrogen-bond donors (Lipinski definition) is 2. The number of aromatic carboxylic acids is 1. The van der Waals surface area contributed by atoms with Gasteiger partial charge in [-0.1, -0.05) is 6.07 Å². The first-order valence-electron chi connectivity index (χ1n) is 4.23. The summed E-state index contributed by atoms with van der Waals surface area (Å²) in [4.78, 5) is 15.6. The van der Waals surface area contributed by atoms with Crippen LogP contribution in [0.4, 0.5) is 0 Å². The molecule has 0 bridgehead atoms. The van der Waals surface area contributed by atoms with E-state index in [1.54, 1.807) is 18.2 Å². The number of nitrogens with zero attached hydrogens (tertiary/aromatic N) is 2. The van der Waals surface area contributed by atoms with Gasteiger partial charge in [-0.15, -0.1) is 0 Å². The standard InChI is InChI=1S/C9H6BrN3O2S/c10-5-2-1-3-6(7(5)8(14)15)16-9-11-4-12-13-9/h1-4H,(H,14,15)(H,11,12,13). The number of carbonyl (C=O) groups is 1. The van der Waals surface area contributed by atoms with Crippen molar-refractivity contribution >= 4 is 33.7 Å². The van der Waals surface area contributed by atoms with Crippen LogP contribution in [0, 0.1) is 0 Å². The van der Waals surface area contributed by atoms with Gasteiger partial charge in [0.2, 0.25) is 0 Å². The summed E-state index contributed by atoms with van der Waals surface area (Å²) in [6, 6.07) is 5.19. The van der Waals surface area contributed by atoms with Crippen LogP contribution in [0.25, 0.3) is 0 Å². The van der Waals surface area contributed by atoms with E-state index < -0.39 is 5.97 Å². The maximum Gasteiger partial charge on any atom is 0.338 e. The average Bonchev–Trinajstić information content (AvgIpc) is 2.70. The van der Waals surface area contributed by atoms with Gasteiger partial charge in [-0.2, -0.15) is 5.10 Å². The van der Waals surface area contributed by atoms with Gasteiger partial charge in [0.05, 0.1) is 5.56 Å². The van der Waals surface area contributed by atoms with Crippen molar-refractivity contribution in [3.8, 4) is 0 Å². The van der Waals surface area contributed by atoms with E-state index in [2.05, 4.69) is 31.1 Å². The van der Waals surface area contributed by atoms with E-state index in [0.717, 1.165) is 0 Å². The minimum absolute atomic E-state index is 0.226. The summed E-state index contributed by atoms with van der Waals surface area (Å²) < 4.78 is 0.546. The van der Waals surface area contributed by atoms with Gasteiger partial charge >= 0.3 is 5.97 Å². The van der Waals surface area contributed by atoms with Gasteiger partial charge in [0.25, 0.3) is 0 Å². The highest BCUT2D eigenvalue weighted by molar-refractivity contribution is 9.10. The zero-order chi connectivity index (χ0) is 11.5. The number of halogens is 1. The van der Waals surface area contributed by atoms with E-state index in [9.17, 15) is 4.79 Å². The molecule has 2 N–H and O–H groups in total. The van der Waals surface area contributed by atoms with Crippen molar-refractivity contribution in [2.45, 2.75) is 10.1 Å². The van der Waals surface area contributed by atoms with Crippen LogP contribution in [-0.2, 0) is 0 Å². The Bertz CT molecular complexity index is 515. The second kappa shape index (κ2) is 4.67. The molecule has 0 aliphatic heterocycles.